The first-order chi connectivity index (χ1) is 9.54. The Bertz CT molecular complexity index is 473. The Morgan fingerprint density at radius 2 is 2.15 bits per heavy atom. The van der Waals surface area contributed by atoms with Gasteiger partial charge in [-0.25, -0.2) is 0 Å². The molecule has 1 aliphatic heterocycles. The minimum Gasteiger partial charge on any atom is -0.508 e. The van der Waals surface area contributed by atoms with E-state index >= 15 is 0 Å². The first kappa shape index (κ1) is 15.1. The van der Waals surface area contributed by atoms with Crippen molar-refractivity contribution in [2.75, 3.05) is 19.6 Å². The second-order valence-electron chi connectivity index (χ2n) is 5.17. The van der Waals surface area contributed by atoms with Gasteiger partial charge in [0.15, 0.2) is 0 Å². The normalized spacial score (nSPS) is 17.2. The summed E-state index contributed by atoms with van der Waals surface area (Å²) in [6.07, 6.45) is 1.93. The molecule has 0 spiro atoms. The number of benzene rings is 1. The average Bonchev–Trinajstić information content (AvgIpc) is 2.41. The van der Waals surface area contributed by atoms with E-state index in [1.165, 1.54) is 0 Å². The van der Waals surface area contributed by atoms with Crippen LogP contribution in [-0.2, 0) is 11.3 Å². The molecular weight excluding hydrogens is 278 g/mol. The van der Waals surface area contributed by atoms with Gasteiger partial charge in [-0.05, 0) is 31.0 Å². The van der Waals surface area contributed by atoms with Gasteiger partial charge in [0.1, 0.15) is 5.75 Å². The molecule has 0 atom stereocenters. The molecule has 1 heterocycles. The summed E-state index contributed by atoms with van der Waals surface area (Å²) in [7, 11) is 0. The van der Waals surface area contributed by atoms with E-state index in [0.29, 0.717) is 24.2 Å². The van der Waals surface area contributed by atoms with Crippen molar-refractivity contribution in [3.63, 3.8) is 0 Å². The number of carbonyl (C=O) groups excluding carboxylic acids is 1. The predicted molar refractivity (Wildman–Crippen MR) is 78.6 cm³/mol. The summed E-state index contributed by atoms with van der Waals surface area (Å²) in [5.41, 5.74) is 5.99. The maximum absolute atomic E-state index is 10.9. The van der Waals surface area contributed by atoms with E-state index < -0.39 is 0 Å². The quantitative estimate of drug-likeness (QED) is 0.760. The molecule has 1 aromatic carbocycles. The van der Waals surface area contributed by atoms with Crippen LogP contribution < -0.4 is 11.1 Å². The summed E-state index contributed by atoms with van der Waals surface area (Å²) in [6.45, 7) is 2.65. The van der Waals surface area contributed by atoms with E-state index in [1.807, 2.05) is 0 Å². The lowest BCUT2D eigenvalue weighted by Crippen LogP contribution is -2.45. The molecule has 0 aliphatic carbocycles. The number of carbonyl (C=O) groups is 1. The predicted octanol–water partition coefficient (Wildman–Crippen LogP) is 1.08. The molecule has 0 saturated carbocycles. The third kappa shape index (κ3) is 4.37. The Balaban J connectivity index is 1.78. The molecule has 1 aromatic rings. The lowest BCUT2D eigenvalue weighted by Gasteiger charge is -2.31. The summed E-state index contributed by atoms with van der Waals surface area (Å²) in [5, 5.41) is 13.8. The van der Waals surface area contributed by atoms with Gasteiger partial charge in [0.2, 0.25) is 5.91 Å². The zero-order valence-electron chi connectivity index (χ0n) is 11.3. The van der Waals surface area contributed by atoms with Gasteiger partial charge in [0.25, 0.3) is 0 Å². The second kappa shape index (κ2) is 6.92. The van der Waals surface area contributed by atoms with Crippen molar-refractivity contribution in [1.29, 1.82) is 0 Å². The zero-order chi connectivity index (χ0) is 14.5. The number of rotatable bonds is 5. The number of hydrogen-bond acceptors (Lipinski definition) is 4. The van der Waals surface area contributed by atoms with Gasteiger partial charge in [-0.2, -0.15) is 0 Å². The Hall–Kier alpha value is -1.30. The number of halogens is 1. The van der Waals surface area contributed by atoms with Gasteiger partial charge in [0.05, 0.1) is 6.54 Å². The van der Waals surface area contributed by atoms with Crippen molar-refractivity contribution in [1.82, 2.24) is 10.2 Å². The summed E-state index contributed by atoms with van der Waals surface area (Å²) in [5.74, 6) is -0.0201. The summed E-state index contributed by atoms with van der Waals surface area (Å²) >= 11 is 5.92. The van der Waals surface area contributed by atoms with Crippen LogP contribution in [0.25, 0.3) is 0 Å². The lowest BCUT2D eigenvalue weighted by atomic mass is 10.0. The Labute approximate surface area is 123 Å². The molecule has 5 nitrogen and oxygen atoms in total. The molecule has 110 valence electrons. The molecule has 0 aromatic heterocycles. The van der Waals surface area contributed by atoms with Crippen LogP contribution >= 0.6 is 11.6 Å². The number of aromatic hydroxyl groups is 1. The number of primary amides is 1. The van der Waals surface area contributed by atoms with Gasteiger partial charge in [-0.15, -0.1) is 0 Å². The van der Waals surface area contributed by atoms with E-state index in [4.69, 9.17) is 17.3 Å². The summed E-state index contributed by atoms with van der Waals surface area (Å²) in [4.78, 5) is 12.9. The lowest BCUT2D eigenvalue weighted by molar-refractivity contribution is -0.119. The Kier molecular flexibility index (Phi) is 5.23. The van der Waals surface area contributed by atoms with Gasteiger partial charge in [0, 0.05) is 36.3 Å². The highest BCUT2D eigenvalue weighted by molar-refractivity contribution is 6.30. The van der Waals surface area contributed by atoms with Crippen LogP contribution in [0.5, 0.6) is 5.75 Å². The highest BCUT2D eigenvalue weighted by Crippen LogP contribution is 2.21. The molecule has 4 N–H and O–H groups in total. The number of amides is 1. The number of likely N-dealkylation sites (tertiary alicyclic amines) is 1. The molecule has 20 heavy (non-hydrogen) atoms. The largest absolute Gasteiger partial charge is 0.508 e. The highest BCUT2D eigenvalue weighted by Gasteiger charge is 2.19. The number of nitrogens with zero attached hydrogens (tertiary/aromatic N) is 1. The van der Waals surface area contributed by atoms with E-state index in [1.54, 1.807) is 18.2 Å². The average molecular weight is 298 g/mol. The van der Waals surface area contributed by atoms with E-state index in [-0.39, 0.29) is 11.7 Å². The van der Waals surface area contributed by atoms with Crippen LogP contribution in [0, 0.1) is 0 Å². The van der Waals surface area contributed by atoms with Crippen molar-refractivity contribution in [3.05, 3.63) is 28.8 Å². The van der Waals surface area contributed by atoms with Crippen LogP contribution in [0.3, 0.4) is 0 Å². The van der Waals surface area contributed by atoms with Gasteiger partial charge < -0.3 is 16.2 Å². The second-order valence-corrected chi connectivity index (χ2v) is 5.61. The van der Waals surface area contributed by atoms with Crippen LogP contribution in [0.1, 0.15) is 18.4 Å². The fraction of sp³-hybridized carbons (Fsp3) is 0.500. The fourth-order valence-corrected chi connectivity index (χ4v) is 2.66. The van der Waals surface area contributed by atoms with Crippen molar-refractivity contribution in [2.24, 2.45) is 5.73 Å². The van der Waals surface area contributed by atoms with Crippen molar-refractivity contribution >= 4 is 17.5 Å². The van der Waals surface area contributed by atoms with Crippen molar-refractivity contribution in [2.45, 2.75) is 25.4 Å². The number of hydrogen-bond donors (Lipinski definition) is 3. The van der Waals surface area contributed by atoms with Gasteiger partial charge >= 0.3 is 0 Å². The third-order valence-corrected chi connectivity index (χ3v) is 3.82. The maximum atomic E-state index is 10.9. The van der Waals surface area contributed by atoms with Crippen molar-refractivity contribution in [3.8, 4) is 5.75 Å². The van der Waals surface area contributed by atoms with Crippen LogP contribution in [0.4, 0.5) is 0 Å². The SMILES string of the molecule is NC(=O)CN1CCC(NCc2cc(Cl)ccc2O)CC1. The molecule has 0 unspecified atom stereocenters. The van der Waals surface area contributed by atoms with Gasteiger partial charge in [-0.1, -0.05) is 11.6 Å². The Morgan fingerprint density at radius 1 is 1.45 bits per heavy atom. The first-order valence-corrected chi connectivity index (χ1v) is 7.14. The molecular formula is C14H20ClN3O2. The fourth-order valence-electron chi connectivity index (χ4n) is 2.47. The number of nitrogens with one attached hydrogen (secondary N) is 1. The van der Waals surface area contributed by atoms with Crippen LogP contribution in [0.2, 0.25) is 5.02 Å². The van der Waals surface area contributed by atoms with E-state index in [2.05, 4.69) is 10.2 Å². The topological polar surface area (TPSA) is 78.6 Å². The number of nitrogens with two attached hydrogens (primary N) is 1. The molecule has 1 aliphatic rings. The molecule has 0 bridgehead atoms. The van der Waals surface area contributed by atoms with Gasteiger partial charge in [-0.3, -0.25) is 9.69 Å². The molecule has 1 amide bonds. The standard InChI is InChI=1S/C14H20ClN3O2/c15-11-1-2-13(19)10(7-11)8-17-12-3-5-18(6-4-12)9-14(16)20/h1-2,7,12,17,19H,3-6,8-9H2,(H2,16,20). The third-order valence-electron chi connectivity index (χ3n) is 3.59. The molecule has 0 radical (unpaired) electrons. The van der Waals surface area contributed by atoms with Crippen LogP contribution in [0.15, 0.2) is 18.2 Å². The molecule has 6 heteroatoms. The van der Waals surface area contributed by atoms with E-state index in [9.17, 15) is 9.90 Å². The zero-order valence-corrected chi connectivity index (χ0v) is 12.1. The number of piperidine rings is 1. The number of phenolic OH excluding ortho intramolecular Hbond substituents is 1. The smallest absolute Gasteiger partial charge is 0.231 e. The monoisotopic (exact) mass is 297 g/mol. The van der Waals surface area contributed by atoms with E-state index in [0.717, 1.165) is 31.5 Å². The van der Waals surface area contributed by atoms with Crippen LogP contribution in [-0.4, -0.2) is 41.6 Å². The first-order valence-electron chi connectivity index (χ1n) is 6.76. The summed E-state index contributed by atoms with van der Waals surface area (Å²) < 4.78 is 0. The summed E-state index contributed by atoms with van der Waals surface area (Å²) in [6, 6.07) is 5.43. The molecule has 1 fully saturated rings. The van der Waals surface area contributed by atoms with Crippen molar-refractivity contribution < 1.29 is 9.90 Å². The minimum absolute atomic E-state index is 0.257. The highest BCUT2D eigenvalue weighted by atomic mass is 35.5. The molecule has 1 saturated heterocycles. The Morgan fingerprint density at radius 3 is 2.80 bits per heavy atom. The minimum atomic E-state index is -0.278. The maximum Gasteiger partial charge on any atom is 0.231 e. The molecule has 2 rings (SSSR count). The number of phenols is 1.